The van der Waals surface area contributed by atoms with Crippen LogP contribution in [0.5, 0.6) is 0 Å². The summed E-state index contributed by atoms with van der Waals surface area (Å²) in [5, 5.41) is 1.82. The molecule has 3 rings (SSSR count). The molecule has 0 N–H and O–H groups in total. The number of hydrogen-bond acceptors (Lipinski definition) is 0. The van der Waals surface area contributed by atoms with Crippen LogP contribution in [0.25, 0.3) is 0 Å². The van der Waals surface area contributed by atoms with Crippen molar-refractivity contribution < 1.29 is 19.1 Å². The quantitative estimate of drug-likeness (QED) is 0.322. The first kappa shape index (κ1) is 20.2. The first-order valence-corrected chi connectivity index (χ1v) is 23.0. The van der Waals surface area contributed by atoms with Gasteiger partial charge in [0.25, 0.3) is 0 Å². The SMILES string of the molecule is CC(C)C1=C(C2=CC=CC2)C2=C(CCCC(=[Si](C)C)C2C)[CH]1[Hf]([Cl])[Cl]. The van der Waals surface area contributed by atoms with Crippen molar-refractivity contribution in [3.8, 4) is 0 Å². The van der Waals surface area contributed by atoms with Crippen molar-refractivity contribution in [2.75, 3.05) is 0 Å². The van der Waals surface area contributed by atoms with Crippen LogP contribution < -0.4 is 0 Å². The predicted molar refractivity (Wildman–Crippen MR) is 112 cm³/mol. The molecule has 0 aromatic carbocycles. The Bertz CT molecular complexity index is 718. The summed E-state index contributed by atoms with van der Waals surface area (Å²) in [5.74, 6) is 1.10. The minimum absolute atomic E-state index is 0.389. The van der Waals surface area contributed by atoms with E-state index in [1.807, 2.05) is 5.17 Å². The molecule has 0 bridgehead atoms. The molecule has 4 heteroatoms. The summed E-state index contributed by atoms with van der Waals surface area (Å²) in [6.07, 6.45) is 11.7. The molecule has 0 saturated heterocycles. The van der Waals surface area contributed by atoms with Gasteiger partial charge in [0.2, 0.25) is 0 Å². The van der Waals surface area contributed by atoms with Crippen LogP contribution in [0.15, 0.2) is 46.1 Å². The zero-order valence-corrected chi connectivity index (χ0v) is 22.2. The normalized spacial score (nSPS) is 26.4. The Balaban J connectivity index is 2.24. The Kier molecular flexibility index (Phi) is 6.68. The molecule has 0 aromatic rings. The van der Waals surface area contributed by atoms with E-state index in [0.717, 1.165) is 6.42 Å². The molecule has 0 amide bonds. The van der Waals surface area contributed by atoms with E-state index in [9.17, 15) is 0 Å². The monoisotopic (exact) mass is 559 g/mol. The molecule has 0 radical (unpaired) electrons. The van der Waals surface area contributed by atoms with Crippen LogP contribution in [-0.2, 0) is 19.1 Å². The van der Waals surface area contributed by atoms with Gasteiger partial charge < -0.3 is 0 Å². The van der Waals surface area contributed by atoms with Gasteiger partial charge in [0.1, 0.15) is 0 Å². The van der Waals surface area contributed by atoms with Crippen molar-refractivity contribution in [1.82, 2.24) is 0 Å². The van der Waals surface area contributed by atoms with E-state index in [2.05, 4.69) is 52.1 Å². The van der Waals surface area contributed by atoms with Crippen molar-refractivity contribution in [3.05, 3.63) is 46.1 Å². The fourth-order valence-corrected chi connectivity index (χ4v) is 15.3. The van der Waals surface area contributed by atoms with Crippen LogP contribution in [0, 0.1) is 11.8 Å². The van der Waals surface area contributed by atoms with Crippen LogP contribution >= 0.6 is 17.2 Å². The third-order valence-electron chi connectivity index (χ3n) is 5.99. The van der Waals surface area contributed by atoms with Crippen molar-refractivity contribution in [3.63, 3.8) is 0 Å². The zero-order valence-electron chi connectivity index (χ0n) is 16.0. The molecule has 0 fully saturated rings. The van der Waals surface area contributed by atoms with Crippen LogP contribution in [-0.4, -0.2) is 13.6 Å². The molecule has 0 saturated carbocycles. The Morgan fingerprint density at radius 1 is 1.20 bits per heavy atom. The van der Waals surface area contributed by atoms with E-state index in [1.54, 1.807) is 22.3 Å². The van der Waals surface area contributed by atoms with Crippen molar-refractivity contribution in [2.45, 2.75) is 63.2 Å². The third kappa shape index (κ3) is 3.75. The molecule has 0 aromatic heterocycles. The summed E-state index contributed by atoms with van der Waals surface area (Å²) >= 11 is -2.61. The van der Waals surface area contributed by atoms with Gasteiger partial charge in [-0.05, 0) is 0 Å². The molecule has 2 unspecified atom stereocenters. The van der Waals surface area contributed by atoms with Crippen LogP contribution in [0.4, 0.5) is 0 Å². The second-order valence-corrected chi connectivity index (χ2v) is 23.1. The van der Waals surface area contributed by atoms with Gasteiger partial charge in [-0.15, -0.1) is 0 Å². The fraction of sp³-hybridized carbons (Fsp3) is 0.571. The minimum atomic E-state index is -2.61. The second-order valence-electron chi connectivity index (χ2n) is 8.07. The van der Waals surface area contributed by atoms with E-state index in [-0.39, 0.29) is 8.41 Å². The maximum atomic E-state index is 6.79. The van der Waals surface area contributed by atoms with Gasteiger partial charge in [0.15, 0.2) is 0 Å². The van der Waals surface area contributed by atoms with Gasteiger partial charge in [0, 0.05) is 0 Å². The molecule has 25 heavy (non-hydrogen) atoms. The first-order valence-electron chi connectivity index (χ1n) is 9.52. The van der Waals surface area contributed by atoms with Gasteiger partial charge in [-0.25, -0.2) is 0 Å². The molecule has 3 aliphatic carbocycles. The number of hydrogen-bond donors (Lipinski definition) is 0. The first-order chi connectivity index (χ1) is 11.8. The molecule has 2 atom stereocenters. The Morgan fingerprint density at radius 3 is 2.44 bits per heavy atom. The summed E-state index contributed by atoms with van der Waals surface area (Å²) in [7, 11) is 13.2. The zero-order chi connectivity index (χ0) is 18.3. The summed E-state index contributed by atoms with van der Waals surface area (Å²) in [5.41, 5.74) is 7.95. The fourth-order valence-electron chi connectivity index (χ4n) is 4.98. The number of allylic oxidation sites excluding steroid dienone is 8. The number of rotatable bonds is 3. The number of halogens is 2. The second kappa shape index (κ2) is 8.25. The molecule has 0 aliphatic heterocycles. The third-order valence-corrected chi connectivity index (χ3v) is 15.5. The summed E-state index contributed by atoms with van der Waals surface area (Å²) in [6.45, 7) is 12.1. The van der Waals surface area contributed by atoms with E-state index in [1.165, 1.54) is 24.8 Å². The molecule has 0 nitrogen and oxygen atoms in total. The van der Waals surface area contributed by atoms with E-state index in [0.29, 0.717) is 15.5 Å². The summed E-state index contributed by atoms with van der Waals surface area (Å²) in [6, 6.07) is 0. The Hall–Kier alpha value is 0.497. The summed E-state index contributed by atoms with van der Waals surface area (Å²) < 4.78 is 0.422. The van der Waals surface area contributed by atoms with Crippen molar-refractivity contribution >= 4 is 30.7 Å². The summed E-state index contributed by atoms with van der Waals surface area (Å²) in [4.78, 5) is 0. The van der Waals surface area contributed by atoms with Crippen molar-refractivity contribution in [1.29, 1.82) is 0 Å². The topological polar surface area (TPSA) is 0 Å². The molecule has 0 spiro atoms. The Labute approximate surface area is 170 Å². The van der Waals surface area contributed by atoms with Gasteiger partial charge in [-0.1, -0.05) is 0 Å². The van der Waals surface area contributed by atoms with E-state index >= 15 is 0 Å². The molecule has 0 heterocycles. The van der Waals surface area contributed by atoms with Crippen molar-refractivity contribution in [2.24, 2.45) is 11.8 Å². The molecule has 135 valence electrons. The standard InChI is InChI=1S/C21H29Si.2ClH.Hf/c1-14(2)18-13-17-11-8-12-19(22(4)5)15(3)20(17)21(18)16-9-6-7-10-16;;;/h6-7,9,13-15H,8,10-12H2,1-5H3;2*1H;/q;;;+2/p-2. The Morgan fingerprint density at radius 2 is 1.92 bits per heavy atom. The predicted octanol–water partition coefficient (Wildman–Crippen LogP) is 7.18. The molecule has 3 aliphatic rings. The maximum absolute atomic E-state index is 6.79. The average Bonchev–Trinajstić information content (AvgIpc) is 3.12. The van der Waals surface area contributed by atoms with Gasteiger partial charge in [-0.3, -0.25) is 0 Å². The van der Waals surface area contributed by atoms with Gasteiger partial charge in [-0.2, -0.15) is 0 Å². The van der Waals surface area contributed by atoms with Gasteiger partial charge in [0.05, 0.1) is 0 Å². The van der Waals surface area contributed by atoms with Crippen LogP contribution in [0.1, 0.15) is 46.5 Å². The molecular weight excluding hydrogens is 530 g/mol. The van der Waals surface area contributed by atoms with Crippen LogP contribution in [0.2, 0.25) is 16.8 Å². The average molecular weight is 559 g/mol. The van der Waals surface area contributed by atoms with Gasteiger partial charge >= 0.3 is 171 Å². The molecular formula is C21H29Cl2HfSi. The van der Waals surface area contributed by atoms with E-state index < -0.39 is 19.1 Å². The van der Waals surface area contributed by atoms with Crippen LogP contribution in [0.3, 0.4) is 0 Å². The van der Waals surface area contributed by atoms with E-state index in [4.69, 9.17) is 17.2 Å².